The molecule has 1 amide bonds. The molecule has 1 aromatic rings. The first kappa shape index (κ1) is 17.5. The predicted molar refractivity (Wildman–Crippen MR) is 70.2 cm³/mol. The van der Waals surface area contributed by atoms with E-state index in [-0.39, 0.29) is 10.6 Å². The fourth-order valence-electron chi connectivity index (χ4n) is 1.53. The van der Waals surface area contributed by atoms with E-state index in [4.69, 9.17) is 16.7 Å². The van der Waals surface area contributed by atoms with Crippen molar-refractivity contribution in [2.45, 2.75) is 6.18 Å². The summed E-state index contributed by atoms with van der Waals surface area (Å²) in [5.41, 5.74) is -0.0940. The molecule has 0 bridgehead atoms. The van der Waals surface area contributed by atoms with Gasteiger partial charge in [-0.05, 0) is 18.2 Å². The van der Waals surface area contributed by atoms with Gasteiger partial charge in [0.05, 0.1) is 11.6 Å². The highest BCUT2D eigenvalue weighted by atomic mass is 35.5. The Morgan fingerprint density at radius 1 is 1.38 bits per heavy atom. The predicted octanol–water partition coefficient (Wildman–Crippen LogP) is 2.88. The van der Waals surface area contributed by atoms with E-state index in [0.29, 0.717) is 4.90 Å². The monoisotopic (exact) mass is 325 g/mol. The quantitative estimate of drug-likeness (QED) is 0.668. The van der Waals surface area contributed by atoms with E-state index in [2.05, 4.69) is 0 Å². The van der Waals surface area contributed by atoms with Crippen molar-refractivity contribution in [1.82, 2.24) is 4.90 Å². The van der Waals surface area contributed by atoms with Crippen LogP contribution in [0.1, 0.15) is 5.56 Å². The number of hydrogen-bond acceptors (Lipinski definition) is 2. The molecule has 0 heterocycles. The maximum Gasteiger partial charge on any atom is 0.406 e. The summed E-state index contributed by atoms with van der Waals surface area (Å²) in [7, 11) is 0. The third-order valence-electron chi connectivity index (χ3n) is 2.44. The largest absolute Gasteiger partial charge is 0.406 e. The number of carbonyl (C=O) groups is 1. The summed E-state index contributed by atoms with van der Waals surface area (Å²) in [4.78, 5) is 12.1. The summed E-state index contributed by atoms with van der Waals surface area (Å²) >= 11 is 5.72. The van der Waals surface area contributed by atoms with Gasteiger partial charge in [0.2, 0.25) is 5.91 Å². The van der Waals surface area contributed by atoms with Crippen molar-refractivity contribution in [3.63, 3.8) is 0 Å². The van der Waals surface area contributed by atoms with Gasteiger partial charge in [-0.3, -0.25) is 4.79 Å². The molecule has 0 atom stereocenters. The topological polar surface area (TPSA) is 40.5 Å². The smallest absolute Gasteiger partial charge is 0.395 e. The van der Waals surface area contributed by atoms with Gasteiger partial charge in [-0.25, -0.2) is 4.39 Å². The van der Waals surface area contributed by atoms with Crippen LogP contribution in [0.2, 0.25) is 5.02 Å². The van der Waals surface area contributed by atoms with Crippen molar-refractivity contribution < 1.29 is 27.5 Å². The zero-order chi connectivity index (χ0) is 16.0. The van der Waals surface area contributed by atoms with Crippen molar-refractivity contribution in [3.05, 3.63) is 40.7 Å². The summed E-state index contributed by atoms with van der Waals surface area (Å²) in [6, 6.07) is 3.85. The molecule has 0 aliphatic heterocycles. The van der Waals surface area contributed by atoms with Crippen LogP contribution in [-0.2, 0) is 4.79 Å². The average molecular weight is 326 g/mol. The lowest BCUT2D eigenvalue weighted by molar-refractivity contribution is -0.158. The van der Waals surface area contributed by atoms with Crippen LogP contribution in [0.25, 0.3) is 6.08 Å². The molecule has 0 saturated heterocycles. The summed E-state index contributed by atoms with van der Waals surface area (Å²) in [5.74, 6) is -1.70. The number of rotatable bonds is 5. The van der Waals surface area contributed by atoms with E-state index in [1.54, 1.807) is 0 Å². The van der Waals surface area contributed by atoms with E-state index >= 15 is 0 Å². The second kappa shape index (κ2) is 7.42. The molecule has 0 spiro atoms. The fourth-order valence-corrected chi connectivity index (χ4v) is 1.76. The van der Waals surface area contributed by atoms with Crippen LogP contribution >= 0.6 is 11.6 Å². The Balaban J connectivity index is 2.88. The van der Waals surface area contributed by atoms with E-state index in [1.807, 2.05) is 0 Å². The van der Waals surface area contributed by atoms with Crippen LogP contribution in [-0.4, -0.2) is 41.8 Å². The third kappa shape index (κ3) is 5.73. The molecule has 0 aliphatic rings. The minimum absolute atomic E-state index is 0.0311. The summed E-state index contributed by atoms with van der Waals surface area (Å²) in [6.45, 7) is -2.59. The molecule has 0 radical (unpaired) electrons. The first-order valence-electron chi connectivity index (χ1n) is 5.83. The number of aliphatic hydroxyl groups is 1. The van der Waals surface area contributed by atoms with E-state index < -0.39 is 37.6 Å². The highest BCUT2D eigenvalue weighted by Gasteiger charge is 2.32. The Bertz CT molecular complexity index is 511. The van der Waals surface area contributed by atoms with Crippen molar-refractivity contribution in [2.75, 3.05) is 19.7 Å². The Kier molecular flexibility index (Phi) is 6.17. The molecule has 116 valence electrons. The van der Waals surface area contributed by atoms with Crippen LogP contribution in [0.5, 0.6) is 0 Å². The van der Waals surface area contributed by atoms with Gasteiger partial charge in [-0.2, -0.15) is 13.2 Å². The highest BCUT2D eigenvalue weighted by Crippen LogP contribution is 2.21. The Morgan fingerprint density at radius 3 is 2.57 bits per heavy atom. The second-order valence-electron chi connectivity index (χ2n) is 4.07. The normalized spacial score (nSPS) is 11.9. The van der Waals surface area contributed by atoms with Crippen LogP contribution in [0, 0.1) is 5.82 Å². The first-order valence-corrected chi connectivity index (χ1v) is 6.21. The molecule has 8 heteroatoms. The van der Waals surface area contributed by atoms with Crippen molar-refractivity contribution in [1.29, 1.82) is 0 Å². The SMILES string of the molecule is O=C(/C=C/c1c(F)cccc1Cl)N(CCO)CC(F)(F)F. The maximum absolute atomic E-state index is 13.4. The van der Waals surface area contributed by atoms with Crippen molar-refractivity contribution in [2.24, 2.45) is 0 Å². The van der Waals surface area contributed by atoms with Crippen molar-refractivity contribution >= 4 is 23.6 Å². The number of alkyl halides is 3. The highest BCUT2D eigenvalue weighted by molar-refractivity contribution is 6.32. The number of halogens is 5. The molecule has 1 rings (SSSR count). The van der Waals surface area contributed by atoms with Gasteiger partial charge in [0.1, 0.15) is 12.4 Å². The summed E-state index contributed by atoms with van der Waals surface area (Å²) in [5, 5.41) is 8.72. The molecule has 0 aliphatic carbocycles. The Labute approximate surface area is 123 Å². The summed E-state index contributed by atoms with van der Waals surface area (Å²) in [6.07, 6.45) is -2.80. The molecule has 0 aromatic heterocycles. The van der Waals surface area contributed by atoms with E-state index in [1.165, 1.54) is 12.1 Å². The molecule has 0 fully saturated rings. The van der Waals surface area contributed by atoms with Crippen LogP contribution in [0.15, 0.2) is 24.3 Å². The number of benzene rings is 1. The van der Waals surface area contributed by atoms with Gasteiger partial charge in [0.15, 0.2) is 0 Å². The van der Waals surface area contributed by atoms with Crippen molar-refractivity contribution in [3.8, 4) is 0 Å². The van der Waals surface area contributed by atoms with Gasteiger partial charge < -0.3 is 10.0 Å². The number of hydrogen-bond donors (Lipinski definition) is 1. The number of aliphatic hydroxyl groups excluding tert-OH is 1. The first-order chi connectivity index (χ1) is 9.74. The average Bonchev–Trinajstić information content (AvgIpc) is 2.36. The number of carbonyl (C=O) groups excluding carboxylic acids is 1. The minimum atomic E-state index is -4.59. The lowest BCUT2D eigenvalue weighted by atomic mass is 10.2. The standard InChI is InChI=1S/C13H12ClF4NO2/c14-10-2-1-3-11(15)9(10)4-5-12(21)19(6-7-20)8-13(16,17)18/h1-5,20H,6-8H2/b5-4+. The number of amides is 1. The molecule has 0 unspecified atom stereocenters. The van der Waals surface area contributed by atoms with E-state index in [0.717, 1.165) is 18.2 Å². The molecule has 1 aromatic carbocycles. The molecular weight excluding hydrogens is 314 g/mol. The van der Waals surface area contributed by atoms with Crippen LogP contribution in [0.4, 0.5) is 17.6 Å². The van der Waals surface area contributed by atoms with Gasteiger partial charge in [-0.1, -0.05) is 17.7 Å². The maximum atomic E-state index is 13.4. The van der Waals surface area contributed by atoms with Gasteiger partial charge in [0, 0.05) is 18.2 Å². The second-order valence-corrected chi connectivity index (χ2v) is 4.47. The molecule has 0 saturated carbocycles. The van der Waals surface area contributed by atoms with E-state index in [9.17, 15) is 22.4 Å². The Hall–Kier alpha value is -1.60. The molecular formula is C13H12ClF4NO2. The minimum Gasteiger partial charge on any atom is -0.395 e. The van der Waals surface area contributed by atoms with Crippen LogP contribution < -0.4 is 0 Å². The lowest BCUT2D eigenvalue weighted by Crippen LogP contribution is -2.39. The molecule has 21 heavy (non-hydrogen) atoms. The lowest BCUT2D eigenvalue weighted by Gasteiger charge is -2.21. The van der Waals surface area contributed by atoms with Gasteiger partial charge >= 0.3 is 6.18 Å². The van der Waals surface area contributed by atoms with Crippen LogP contribution in [0.3, 0.4) is 0 Å². The zero-order valence-electron chi connectivity index (χ0n) is 10.7. The molecule has 1 N–H and O–H groups in total. The number of nitrogens with zero attached hydrogens (tertiary/aromatic N) is 1. The summed E-state index contributed by atoms with van der Waals surface area (Å²) < 4.78 is 50.3. The third-order valence-corrected chi connectivity index (χ3v) is 2.77. The van der Waals surface area contributed by atoms with Gasteiger partial charge in [-0.15, -0.1) is 0 Å². The Morgan fingerprint density at radius 2 is 2.05 bits per heavy atom. The van der Waals surface area contributed by atoms with Gasteiger partial charge in [0.25, 0.3) is 0 Å². The molecule has 3 nitrogen and oxygen atoms in total. The fraction of sp³-hybridized carbons (Fsp3) is 0.308. The zero-order valence-corrected chi connectivity index (χ0v) is 11.5.